The van der Waals surface area contributed by atoms with E-state index >= 15 is 0 Å². The Bertz CT molecular complexity index is 425. The molecule has 0 aliphatic carbocycles. The van der Waals surface area contributed by atoms with Gasteiger partial charge in [-0.1, -0.05) is 37.2 Å². The molecule has 1 fully saturated rings. The van der Waals surface area contributed by atoms with Crippen LogP contribution in [0.1, 0.15) is 44.2 Å². The van der Waals surface area contributed by atoms with E-state index in [0.717, 1.165) is 18.8 Å². The van der Waals surface area contributed by atoms with Crippen LogP contribution >= 0.6 is 12.2 Å². The van der Waals surface area contributed by atoms with Gasteiger partial charge in [0, 0.05) is 0 Å². The van der Waals surface area contributed by atoms with Gasteiger partial charge in [-0.25, -0.2) is 0 Å². The standard InChI is InChI=1S/C16H24N2OS/c1-2-19-14-9-7-13(8-10-14)15(16(17)20)18-11-5-3-4-6-12-18/h7-10,15H,2-6,11-12H2,1H3,(H2,17,20). The highest BCUT2D eigenvalue weighted by Crippen LogP contribution is 2.26. The molecule has 1 unspecified atom stereocenters. The van der Waals surface area contributed by atoms with Gasteiger partial charge in [0.2, 0.25) is 0 Å². The molecule has 0 aromatic heterocycles. The molecule has 1 atom stereocenters. The molecule has 3 nitrogen and oxygen atoms in total. The zero-order chi connectivity index (χ0) is 14.4. The molecular weight excluding hydrogens is 268 g/mol. The quantitative estimate of drug-likeness (QED) is 0.845. The molecule has 1 saturated heterocycles. The van der Waals surface area contributed by atoms with Crippen LogP contribution in [0.5, 0.6) is 5.75 Å². The molecule has 0 amide bonds. The highest BCUT2D eigenvalue weighted by molar-refractivity contribution is 7.80. The van der Waals surface area contributed by atoms with Gasteiger partial charge in [-0.3, -0.25) is 4.90 Å². The number of nitrogens with zero attached hydrogens (tertiary/aromatic N) is 1. The van der Waals surface area contributed by atoms with Crippen LogP contribution in [0.4, 0.5) is 0 Å². The molecular formula is C16H24N2OS. The maximum atomic E-state index is 6.01. The molecule has 4 heteroatoms. The van der Waals surface area contributed by atoms with E-state index < -0.39 is 0 Å². The van der Waals surface area contributed by atoms with Crippen LogP contribution in [-0.4, -0.2) is 29.6 Å². The van der Waals surface area contributed by atoms with Gasteiger partial charge in [0.05, 0.1) is 17.6 Å². The summed E-state index contributed by atoms with van der Waals surface area (Å²) in [6, 6.07) is 8.22. The Morgan fingerprint density at radius 2 is 1.80 bits per heavy atom. The highest BCUT2D eigenvalue weighted by Gasteiger charge is 2.23. The van der Waals surface area contributed by atoms with Crippen molar-refractivity contribution >= 4 is 17.2 Å². The molecule has 1 aromatic carbocycles. The molecule has 0 bridgehead atoms. The van der Waals surface area contributed by atoms with Crippen LogP contribution in [0.15, 0.2) is 24.3 Å². The van der Waals surface area contributed by atoms with Gasteiger partial charge in [-0.15, -0.1) is 0 Å². The largest absolute Gasteiger partial charge is 0.494 e. The first-order valence-electron chi connectivity index (χ1n) is 7.48. The smallest absolute Gasteiger partial charge is 0.119 e. The van der Waals surface area contributed by atoms with Crippen molar-refractivity contribution < 1.29 is 4.74 Å². The van der Waals surface area contributed by atoms with Crippen LogP contribution in [-0.2, 0) is 0 Å². The van der Waals surface area contributed by atoms with Gasteiger partial charge in [0.1, 0.15) is 5.75 Å². The van der Waals surface area contributed by atoms with Crippen LogP contribution < -0.4 is 10.5 Å². The van der Waals surface area contributed by atoms with E-state index in [9.17, 15) is 0 Å². The van der Waals surface area contributed by atoms with E-state index in [2.05, 4.69) is 17.0 Å². The van der Waals surface area contributed by atoms with Gasteiger partial charge >= 0.3 is 0 Å². The monoisotopic (exact) mass is 292 g/mol. The van der Waals surface area contributed by atoms with E-state index in [1.54, 1.807) is 0 Å². The number of thiocarbonyl (C=S) groups is 1. The fourth-order valence-corrected chi connectivity index (χ4v) is 3.11. The summed E-state index contributed by atoms with van der Waals surface area (Å²) in [4.78, 5) is 2.99. The zero-order valence-corrected chi connectivity index (χ0v) is 13.0. The Balaban J connectivity index is 2.16. The summed E-state index contributed by atoms with van der Waals surface area (Å²) < 4.78 is 5.49. The summed E-state index contributed by atoms with van der Waals surface area (Å²) in [7, 11) is 0. The minimum Gasteiger partial charge on any atom is -0.494 e. The van der Waals surface area contributed by atoms with Crippen molar-refractivity contribution in [3.05, 3.63) is 29.8 Å². The molecule has 2 N–H and O–H groups in total. The summed E-state index contributed by atoms with van der Waals surface area (Å²) >= 11 is 5.31. The maximum Gasteiger partial charge on any atom is 0.119 e. The van der Waals surface area contributed by atoms with Crippen LogP contribution in [0.3, 0.4) is 0 Å². The van der Waals surface area contributed by atoms with Crippen molar-refractivity contribution in [3.8, 4) is 5.75 Å². The summed E-state index contributed by atoms with van der Waals surface area (Å²) in [5.41, 5.74) is 7.18. The highest BCUT2D eigenvalue weighted by atomic mass is 32.1. The predicted molar refractivity (Wildman–Crippen MR) is 87.2 cm³/mol. The predicted octanol–water partition coefficient (Wildman–Crippen LogP) is 3.29. The topological polar surface area (TPSA) is 38.5 Å². The minimum absolute atomic E-state index is 0.0544. The molecule has 110 valence electrons. The average Bonchev–Trinajstić information content (AvgIpc) is 2.70. The molecule has 1 aliphatic rings. The molecule has 0 radical (unpaired) electrons. The fraction of sp³-hybridized carbons (Fsp3) is 0.562. The van der Waals surface area contributed by atoms with E-state index in [1.807, 2.05) is 19.1 Å². The van der Waals surface area contributed by atoms with Gasteiger partial charge in [0.15, 0.2) is 0 Å². The number of rotatable bonds is 5. The summed E-state index contributed by atoms with van der Waals surface area (Å²) in [6.45, 7) is 4.83. The number of hydrogen-bond donors (Lipinski definition) is 1. The first kappa shape index (κ1) is 15.3. The number of likely N-dealkylation sites (tertiary alicyclic amines) is 1. The number of ether oxygens (including phenoxy) is 1. The van der Waals surface area contributed by atoms with Crippen LogP contribution in [0, 0.1) is 0 Å². The summed E-state index contributed by atoms with van der Waals surface area (Å²) in [5.74, 6) is 0.897. The number of benzene rings is 1. The van der Waals surface area contributed by atoms with Crippen molar-refractivity contribution in [2.75, 3.05) is 19.7 Å². The van der Waals surface area contributed by atoms with E-state index in [1.165, 1.54) is 31.2 Å². The Morgan fingerprint density at radius 3 is 2.30 bits per heavy atom. The maximum absolute atomic E-state index is 6.01. The second-order valence-electron chi connectivity index (χ2n) is 5.26. The zero-order valence-electron chi connectivity index (χ0n) is 12.2. The van der Waals surface area contributed by atoms with Crippen molar-refractivity contribution in [1.29, 1.82) is 0 Å². The molecule has 2 rings (SSSR count). The van der Waals surface area contributed by atoms with Crippen molar-refractivity contribution in [1.82, 2.24) is 4.90 Å². The second-order valence-corrected chi connectivity index (χ2v) is 5.73. The fourth-order valence-electron chi connectivity index (χ4n) is 2.82. The molecule has 1 aliphatic heterocycles. The third kappa shape index (κ3) is 3.93. The first-order chi connectivity index (χ1) is 9.72. The lowest BCUT2D eigenvalue weighted by Crippen LogP contribution is -2.37. The molecule has 1 heterocycles. The summed E-state index contributed by atoms with van der Waals surface area (Å²) in [5, 5.41) is 0. The third-order valence-corrected chi connectivity index (χ3v) is 4.01. The van der Waals surface area contributed by atoms with Crippen molar-refractivity contribution in [2.45, 2.75) is 38.6 Å². The van der Waals surface area contributed by atoms with Crippen molar-refractivity contribution in [3.63, 3.8) is 0 Å². The Kier molecular flexibility index (Phi) is 5.80. The minimum atomic E-state index is 0.0544. The number of nitrogens with two attached hydrogens (primary N) is 1. The Morgan fingerprint density at radius 1 is 1.20 bits per heavy atom. The molecule has 1 aromatic rings. The number of hydrogen-bond acceptors (Lipinski definition) is 3. The average molecular weight is 292 g/mol. The van der Waals surface area contributed by atoms with E-state index in [-0.39, 0.29) is 6.04 Å². The second kappa shape index (κ2) is 7.60. The SMILES string of the molecule is CCOc1ccc(C(C(N)=S)N2CCCCCC2)cc1. The van der Waals surface area contributed by atoms with Crippen LogP contribution in [0.25, 0.3) is 0 Å². The lowest BCUT2D eigenvalue weighted by Gasteiger charge is -2.30. The molecule has 0 spiro atoms. The Labute approximate surface area is 127 Å². The van der Waals surface area contributed by atoms with E-state index in [0.29, 0.717) is 11.6 Å². The van der Waals surface area contributed by atoms with Crippen molar-refractivity contribution in [2.24, 2.45) is 5.73 Å². The summed E-state index contributed by atoms with van der Waals surface area (Å²) in [6.07, 6.45) is 5.08. The van der Waals surface area contributed by atoms with Gasteiger partial charge < -0.3 is 10.5 Å². The van der Waals surface area contributed by atoms with Crippen LogP contribution in [0.2, 0.25) is 0 Å². The Hall–Kier alpha value is -1.13. The van der Waals surface area contributed by atoms with Gasteiger partial charge in [-0.05, 0) is 50.6 Å². The lowest BCUT2D eigenvalue weighted by atomic mass is 10.0. The van der Waals surface area contributed by atoms with Gasteiger partial charge in [-0.2, -0.15) is 0 Å². The normalized spacial score (nSPS) is 18.2. The van der Waals surface area contributed by atoms with E-state index in [4.69, 9.17) is 22.7 Å². The molecule has 20 heavy (non-hydrogen) atoms. The third-order valence-electron chi connectivity index (χ3n) is 3.78. The first-order valence-corrected chi connectivity index (χ1v) is 7.89. The lowest BCUT2D eigenvalue weighted by molar-refractivity contribution is 0.254. The molecule has 0 saturated carbocycles. The van der Waals surface area contributed by atoms with Gasteiger partial charge in [0.25, 0.3) is 0 Å².